The van der Waals surface area contributed by atoms with Crippen LogP contribution in [0.2, 0.25) is 15.1 Å². The molecule has 0 spiro atoms. The maximum Gasteiger partial charge on any atom is 0.230 e. The average molecular weight is 688 g/mol. The number of piperidine rings is 1. The fourth-order valence-corrected chi connectivity index (χ4v) is 7.48. The van der Waals surface area contributed by atoms with Crippen LogP contribution in [0.15, 0.2) is 48.7 Å². The summed E-state index contributed by atoms with van der Waals surface area (Å²) in [5, 5.41) is 17.2. The van der Waals surface area contributed by atoms with Crippen molar-refractivity contribution in [2.24, 2.45) is 5.92 Å². The number of halogens is 3. The summed E-state index contributed by atoms with van der Waals surface area (Å²) in [7, 11) is 1.69. The molecule has 2 N–H and O–H groups in total. The molecule has 246 valence electrons. The average Bonchev–Trinajstić information content (AvgIpc) is 3.78. The number of carbonyl (C=O) groups is 1. The van der Waals surface area contributed by atoms with Gasteiger partial charge < -0.3 is 29.7 Å². The van der Waals surface area contributed by atoms with Gasteiger partial charge in [-0.05, 0) is 80.1 Å². The number of ether oxygens (including phenoxy) is 2. The molecular weight excluding hydrogens is 647 g/mol. The third-order valence-electron chi connectivity index (χ3n) is 9.37. The summed E-state index contributed by atoms with van der Waals surface area (Å²) in [5.74, 6) is 0.583. The summed E-state index contributed by atoms with van der Waals surface area (Å²) in [5.41, 5.74) is 2.31. The summed E-state index contributed by atoms with van der Waals surface area (Å²) in [6, 6.07) is 13.6. The highest BCUT2D eigenvalue weighted by atomic mass is 35.5. The second kappa shape index (κ2) is 14.3. The summed E-state index contributed by atoms with van der Waals surface area (Å²) < 4.78 is 11.5. The van der Waals surface area contributed by atoms with Crippen LogP contribution in [0.5, 0.6) is 5.75 Å². The third kappa shape index (κ3) is 7.28. The summed E-state index contributed by atoms with van der Waals surface area (Å²) in [4.78, 5) is 23.1. The first kappa shape index (κ1) is 33.3. The van der Waals surface area contributed by atoms with E-state index in [4.69, 9.17) is 49.3 Å². The van der Waals surface area contributed by atoms with Crippen molar-refractivity contribution in [3.63, 3.8) is 0 Å². The van der Waals surface area contributed by atoms with Gasteiger partial charge in [0.25, 0.3) is 0 Å². The fourth-order valence-electron chi connectivity index (χ4n) is 6.61. The number of aromatic nitrogens is 1. The van der Waals surface area contributed by atoms with Crippen LogP contribution < -0.4 is 15.0 Å². The van der Waals surface area contributed by atoms with Gasteiger partial charge in [0.15, 0.2) is 5.75 Å². The van der Waals surface area contributed by atoms with Crippen molar-refractivity contribution in [2.75, 3.05) is 44.8 Å². The minimum Gasteiger partial charge on any atom is -0.485 e. The van der Waals surface area contributed by atoms with Crippen molar-refractivity contribution < 1.29 is 19.4 Å². The molecule has 8 nitrogen and oxygen atoms in total. The monoisotopic (exact) mass is 686 g/mol. The lowest BCUT2D eigenvalue weighted by Crippen LogP contribution is -2.55. The first-order valence-electron chi connectivity index (χ1n) is 16.0. The molecule has 2 aromatic carbocycles. The molecule has 1 aromatic heterocycles. The molecule has 46 heavy (non-hydrogen) atoms. The Labute approximate surface area is 285 Å². The predicted octanol–water partition coefficient (Wildman–Crippen LogP) is 6.19. The maximum atomic E-state index is 14.3. The lowest BCUT2D eigenvalue weighted by molar-refractivity contribution is -0.150. The van der Waals surface area contributed by atoms with Gasteiger partial charge in [-0.3, -0.25) is 4.79 Å². The highest BCUT2D eigenvalue weighted by Crippen LogP contribution is 2.40. The van der Waals surface area contributed by atoms with Gasteiger partial charge in [0, 0.05) is 56.0 Å². The van der Waals surface area contributed by atoms with Crippen molar-refractivity contribution in [3.05, 3.63) is 86.0 Å². The van der Waals surface area contributed by atoms with Crippen LogP contribution in [-0.2, 0) is 28.1 Å². The van der Waals surface area contributed by atoms with E-state index < -0.39 is 11.5 Å². The van der Waals surface area contributed by atoms with Crippen molar-refractivity contribution in [3.8, 4) is 5.75 Å². The van der Waals surface area contributed by atoms with E-state index in [0.717, 1.165) is 54.7 Å². The highest BCUT2D eigenvalue weighted by molar-refractivity contribution is 6.37. The Bertz CT molecular complexity index is 1530. The molecule has 2 saturated heterocycles. The summed E-state index contributed by atoms with van der Waals surface area (Å²) >= 11 is 19.4. The van der Waals surface area contributed by atoms with Gasteiger partial charge in [-0.15, -0.1) is 0 Å². The van der Waals surface area contributed by atoms with Gasteiger partial charge in [0.2, 0.25) is 5.91 Å². The second-order valence-electron chi connectivity index (χ2n) is 12.7. The molecule has 11 heteroatoms. The van der Waals surface area contributed by atoms with E-state index in [1.165, 1.54) is 0 Å². The normalized spacial score (nSPS) is 23.0. The van der Waals surface area contributed by atoms with Crippen molar-refractivity contribution in [1.82, 2.24) is 15.2 Å². The molecule has 3 atom stereocenters. The number of hydrogen-bond donors (Lipinski definition) is 2. The smallest absolute Gasteiger partial charge is 0.230 e. The number of benzene rings is 2. The standard InChI is InChI=1S/C35H41Cl3N4O4/c1-22-15-30(37)33(31(38)16-22)46-27-9-13-41(21-27)32-8-4-25(18-40-32)35(44)11-12-39-19-28(35)34(43)42(26-5-6-26)20-24-17-23(10-14-45-2)3-7-29(24)36/h3-4,7-8,15-18,26-28,39,44H,5-6,9-14,19-21H2,1-2H3/t27-,28-,35+/m1/s1. The molecule has 3 aromatic rings. The number of aryl methyl sites for hydroxylation is 1. The Morgan fingerprint density at radius 1 is 1.11 bits per heavy atom. The van der Waals surface area contributed by atoms with E-state index in [1.807, 2.05) is 48.2 Å². The number of hydrogen-bond acceptors (Lipinski definition) is 7. The zero-order valence-electron chi connectivity index (χ0n) is 26.3. The van der Waals surface area contributed by atoms with E-state index in [-0.39, 0.29) is 18.1 Å². The zero-order valence-corrected chi connectivity index (χ0v) is 28.5. The van der Waals surface area contributed by atoms with E-state index in [2.05, 4.69) is 16.3 Å². The Morgan fingerprint density at radius 3 is 2.59 bits per heavy atom. The number of nitrogens with one attached hydrogen (secondary N) is 1. The number of pyridine rings is 1. The molecule has 3 fully saturated rings. The van der Waals surface area contributed by atoms with Gasteiger partial charge in [-0.2, -0.15) is 0 Å². The summed E-state index contributed by atoms with van der Waals surface area (Å²) in [6.45, 7) is 5.35. The number of anilines is 1. The first-order valence-corrected chi connectivity index (χ1v) is 17.1. The second-order valence-corrected chi connectivity index (χ2v) is 14.0. The molecule has 0 radical (unpaired) electrons. The number of methoxy groups -OCH3 is 1. The molecule has 6 rings (SSSR count). The van der Waals surface area contributed by atoms with Gasteiger partial charge >= 0.3 is 0 Å². The Morgan fingerprint density at radius 2 is 1.89 bits per heavy atom. The van der Waals surface area contributed by atoms with Crippen LogP contribution in [0.25, 0.3) is 0 Å². The molecule has 0 unspecified atom stereocenters. The largest absolute Gasteiger partial charge is 0.485 e. The highest BCUT2D eigenvalue weighted by Gasteiger charge is 2.48. The minimum absolute atomic E-state index is 0.0624. The van der Waals surface area contributed by atoms with E-state index in [0.29, 0.717) is 65.6 Å². The van der Waals surface area contributed by atoms with Gasteiger partial charge in [-0.25, -0.2) is 4.98 Å². The van der Waals surface area contributed by atoms with Gasteiger partial charge in [0.05, 0.1) is 29.1 Å². The lowest BCUT2D eigenvalue weighted by atomic mass is 9.76. The summed E-state index contributed by atoms with van der Waals surface area (Å²) in [6.07, 6.45) is 5.51. The SMILES string of the molecule is COCCc1ccc(Cl)c(CN(C(=O)[C@H]2CNCC[C@]2(O)c2ccc(N3CC[C@@H](Oc4c(Cl)cc(C)cc4Cl)C3)nc2)C2CC2)c1. The van der Waals surface area contributed by atoms with Gasteiger partial charge in [0.1, 0.15) is 17.5 Å². The van der Waals surface area contributed by atoms with Crippen LogP contribution >= 0.6 is 34.8 Å². The predicted molar refractivity (Wildman–Crippen MR) is 182 cm³/mol. The Balaban J connectivity index is 1.16. The Kier molecular flexibility index (Phi) is 10.3. The molecular formula is C35H41Cl3N4O4. The van der Waals surface area contributed by atoms with Crippen LogP contribution in [0.4, 0.5) is 5.82 Å². The molecule has 2 aliphatic heterocycles. The molecule has 1 saturated carbocycles. The number of nitrogens with zero attached hydrogens (tertiary/aromatic N) is 3. The van der Waals surface area contributed by atoms with Crippen LogP contribution in [0.1, 0.15) is 47.9 Å². The molecule has 3 heterocycles. The van der Waals surface area contributed by atoms with Crippen LogP contribution in [0.3, 0.4) is 0 Å². The van der Waals surface area contributed by atoms with E-state index in [9.17, 15) is 9.90 Å². The van der Waals surface area contributed by atoms with Crippen molar-refractivity contribution in [1.29, 1.82) is 0 Å². The van der Waals surface area contributed by atoms with Crippen LogP contribution in [-0.4, -0.2) is 72.9 Å². The molecule has 1 aliphatic carbocycles. The molecule has 1 amide bonds. The number of aliphatic hydroxyl groups is 1. The topological polar surface area (TPSA) is 87.2 Å². The van der Waals surface area contributed by atoms with Gasteiger partial charge in [-0.1, -0.05) is 53.0 Å². The fraction of sp³-hybridized carbons (Fsp3) is 0.486. The number of rotatable bonds is 11. The molecule has 3 aliphatic rings. The number of amides is 1. The maximum absolute atomic E-state index is 14.3. The quantitative estimate of drug-likeness (QED) is 0.249. The minimum atomic E-state index is -1.35. The van der Waals surface area contributed by atoms with E-state index >= 15 is 0 Å². The van der Waals surface area contributed by atoms with Crippen LogP contribution in [0, 0.1) is 12.8 Å². The number of carbonyl (C=O) groups excluding carboxylic acids is 1. The van der Waals surface area contributed by atoms with Crippen molar-refractivity contribution in [2.45, 2.75) is 63.3 Å². The molecule has 0 bridgehead atoms. The lowest BCUT2D eigenvalue weighted by Gasteiger charge is -2.42. The zero-order chi connectivity index (χ0) is 32.4. The Hall–Kier alpha value is -2.59. The first-order chi connectivity index (χ1) is 22.2. The third-order valence-corrected chi connectivity index (χ3v) is 10.3. The van der Waals surface area contributed by atoms with Crippen molar-refractivity contribution >= 4 is 46.5 Å². The van der Waals surface area contributed by atoms with E-state index in [1.54, 1.807) is 13.3 Å².